The number of amides is 6. The van der Waals surface area contributed by atoms with Gasteiger partial charge < -0.3 is 81.2 Å². The predicted molar refractivity (Wildman–Crippen MR) is 365 cm³/mol. The second-order valence-electron chi connectivity index (χ2n) is 25.9. The Labute approximate surface area is 584 Å². The largest absolute Gasteiger partial charge is 0.507 e. The van der Waals surface area contributed by atoms with E-state index in [-0.39, 0.29) is 153 Å². The third kappa shape index (κ3) is 18.6. The van der Waals surface area contributed by atoms with Crippen LogP contribution in [0.15, 0.2) is 91.0 Å². The maximum Gasteiger partial charge on any atom is 0.407 e. The van der Waals surface area contributed by atoms with Crippen LogP contribution in [0.4, 0.5) is 15.3 Å². The highest BCUT2D eigenvalue weighted by atomic mass is 16.7. The van der Waals surface area contributed by atoms with Gasteiger partial charge in [0.15, 0.2) is 23.6 Å². The van der Waals surface area contributed by atoms with E-state index in [1.165, 1.54) is 39.2 Å². The number of nitrogens with two attached hydrogens (primary N) is 1. The van der Waals surface area contributed by atoms with Crippen LogP contribution in [0.5, 0.6) is 11.5 Å². The predicted octanol–water partition coefficient (Wildman–Crippen LogP) is 5.30. The molecule has 536 valence electrons. The standard InChI is InChI=1S/C75H86N6O20/c1-41(2)67(81-61(87)27-30-97-32-33-98-31-29-77-60(86)26-25-55(83)52-34-47-14-7-6-12-45(47)21-22-46-13-8-9-16-50(46)52)56(84)35-48(15-11-28-78-73(76)93)72(92)79-49-23-19-44(20-24-49)40-99-74(94)80-54-36-62(100-43(4)68(54)88)101-58-38-75(95,59(85)39-82)37-53-42(3)63-66(71(91)65(53)58)70(90)64-51(69(63)89)17-10-18-57(64)96-5/h6-10,12-14,16-20,23-24,41,43,48,52,54,58,62,67-68,82,88,91,95H,11,15,25-40H2,1-5H3,(H,77,86)(H,79,92)(H,80,94)(H,81,87)(H3,76,78,93)/t43-,48?,52?,54-,58-,62-,67-,68+,75-/m0/s1. The number of fused-ring (bicyclic) bond motifs is 5. The van der Waals surface area contributed by atoms with E-state index in [1.54, 1.807) is 38.1 Å². The van der Waals surface area contributed by atoms with Crippen molar-refractivity contribution in [2.75, 3.05) is 58.6 Å². The van der Waals surface area contributed by atoms with Crippen LogP contribution in [0, 0.1) is 30.6 Å². The molecule has 6 amide bonds. The highest BCUT2D eigenvalue weighted by Crippen LogP contribution is 2.50. The first-order valence-corrected chi connectivity index (χ1v) is 33.7. The summed E-state index contributed by atoms with van der Waals surface area (Å²) in [5, 5.41) is 58.6. The van der Waals surface area contributed by atoms with Crippen LogP contribution in [0.25, 0.3) is 0 Å². The molecule has 26 heteroatoms. The quantitative estimate of drug-likeness (QED) is 0.0189. The van der Waals surface area contributed by atoms with E-state index in [9.17, 15) is 68.4 Å². The summed E-state index contributed by atoms with van der Waals surface area (Å²) in [7, 11) is 1.33. The summed E-state index contributed by atoms with van der Waals surface area (Å²) < 4.78 is 34.6. The number of aliphatic hydroxyl groups excluding tert-OH is 2. The van der Waals surface area contributed by atoms with E-state index in [1.807, 2.05) is 48.5 Å². The van der Waals surface area contributed by atoms with Crippen LogP contribution in [-0.4, -0.2) is 169 Å². The molecule has 2 unspecified atom stereocenters. The molecule has 5 aromatic carbocycles. The Morgan fingerprint density at radius 2 is 1.51 bits per heavy atom. The minimum Gasteiger partial charge on any atom is -0.507 e. The van der Waals surface area contributed by atoms with Gasteiger partial charge in [-0.1, -0.05) is 86.4 Å². The Morgan fingerprint density at radius 3 is 2.24 bits per heavy atom. The number of ketones is 5. The molecule has 1 fully saturated rings. The smallest absolute Gasteiger partial charge is 0.407 e. The molecule has 0 bridgehead atoms. The van der Waals surface area contributed by atoms with E-state index < -0.39 is 126 Å². The van der Waals surface area contributed by atoms with E-state index in [4.69, 9.17) is 34.2 Å². The number of benzene rings is 5. The molecule has 1 aliphatic heterocycles. The summed E-state index contributed by atoms with van der Waals surface area (Å²) in [6, 6.07) is 23.3. The number of alkyl carbamates (subject to hydrolysis) is 1. The number of aliphatic hydroxyl groups is 3. The molecule has 1 heterocycles. The fourth-order valence-corrected chi connectivity index (χ4v) is 13.2. The van der Waals surface area contributed by atoms with E-state index in [2.05, 4.69) is 38.4 Å². The first-order valence-electron chi connectivity index (χ1n) is 33.7. The number of Topliss-reactive ketones (excluding diaryl/α,β-unsaturated/α-hetero) is 3. The van der Waals surface area contributed by atoms with Crippen molar-refractivity contribution in [2.45, 2.75) is 147 Å². The molecule has 5 aromatic rings. The van der Waals surface area contributed by atoms with Gasteiger partial charge in [0.05, 0.1) is 69.0 Å². The van der Waals surface area contributed by atoms with E-state index in [0.717, 1.165) is 22.3 Å². The lowest BCUT2D eigenvalue weighted by molar-refractivity contribution is -0.249. The summed E-state index contributed by atoms with van der Waals surface area (Å²) in [6.45, 7) is 6.07. The molecule has 1 saturated heterocycles. The van der Waals surface area contributed by atoms with Crippen LogP contribution >= 0.6 is 0 Å². The van der Waals surface area contributed by atoms with Crippen molar-refractivity contribution < 1.29 is 96.8 Å². The Balaban J connectivity index is 0.714. The van der Waals surface area contributed by atoms with Gasteiger partial charge in [-0.05, 0) is 97.2 Å². The molecule has 0 radical (unpaired) electrons. The van der Waals surface area contributed by atoms with E-state index >= 15 is 0 Å². The number of aromatic hydroxyl groups is 1. The lowest BCUT2D eigenvalue weighted by atomic mass is 9.70. The normalized spacial score (nSPS) is 20.0. The van der Waals surface area contributed by atoms with Crippen molar-refractivity contribution in [2.24, 2.45) is 17.6 Å². The average molecular weight is 1390 g/mol. The molecule has 0 saturated carbocycles. The maximum absolute atomic E-state index is 14.2. The first kappa shape index (κ1) is 75.5. The Morgan fingerprint density at radius 1 is 0.802 bits per heavy atom. The SMILES string of the molecule is COc1cccc2c1C(=O)c1c(O)c3c(c(C)c1C2=O)C[C@@](O)(C(=O)CO)C[C@@H]3O[C@H]1C[C@H](NC(=O)OCc2ccc(NC(=O)C(CCCNC(N)=O)CC(=O)[C@@H](NC(=O)CCOCCOCCNC(=O)CCC(=O)C3Cc4ccccc4C#Cc4ccccc43)C(C)C)cc2)[C@H](O)[C@H](C)O1. The number of ether oxygens (including phenoxy) is 6. The van der Waals surface area contributed by atoms with Gasteiger partial charge in [-0.25, -0.2) is 9.59 Å². The van der Waals surface area contributed by atoms with E-state index in [0.29, 0.717) is 17.7 Å². The molecule has 101 heavy (non-hydrogen) atoms. The molecule has 11 N–H and O–H groups in total. The van der Waals surface area contributed by atoms with Gasteiger partial charge in [0, 0.05) is 103 Å². The van der Waals surface area contributed by atoms with Crippen LogP contribution < -0.4 is 37.1 Å². The topological polar surface area (TPSA) is 393 Å². The van der Waals surface area contributed by atoms with Gasteiger partial charge in [0.1, 0.15) is 42.2 Å². The zero-order valence-corrected chi connectivity index (χ0v) is 57.0. The van der Waals surface area contributed by atoms with Gasteiger partial charge >= 0.3 is 12.1 Å². The number of anilines is 1. The molecule has 3 aliphatic carbocycles. The van der Waals surface area contributed by atoms with Crippen molar-refractivity contribution in [1.82, 2.24) is 21.3 Å². The molecule has 9 rings (SSSR count). The van der Waals surface area contributed by atoms with Crippen molar-refractivity contribution in [3.05, 3.63) is 158 Å². The summed E-state index contributed by atoms with van der Waals surface area (Å²) >= 11 is 0. The van der Waals surface area contributed by atoms with Crippen molar-refractivity contribution in [3.63, 3.8) is 0 Å². The monoisotopic (exact) mass is 1390 g/mol. The number of rotatable bonds is 32. The molecule has 0 spiro atoms. The zero-order chi connectivity index (χ0) is 72.7. The summed E-state index contributed by atoms with van der Waals surface area (Å²) in [5.74, 6) is 0.214. The van der Waals surface area contributed by atoms with Crippen LogP contribution in [-0.2, 0) is 71.9 Å². The average Bonchev–Trinajstić information content (AvgIpc) is 0.711. The molecular formula is C75H86N6O20. The number of hydrogen-bond acceptors (Lipinski definition) is 20. The van der Waals surface area contributed by atoms with Crippen LogP contribution in [0.1, 0.15) is 161 Å². The Bertz CT molecular complexity index is 4010. The Hall–Kier alpha value is -9.72. The highest BCUT2D eigenvalue weighted by molar-refractivity contribution is 6.31. The second-order valence-corrected chi connectivity index (χ2v) is 25.9. The van der Waals surface area contributed by atoms with Gasteiger partial charge in [0.2, 0.25) is 23.5 Å². The molecule has 9 atom stereocenters. The molecule has 26 nitrogen and oxygen atoms in total. The minimum absolute atomic E-state index is 0.00493. The van der Waals surface area contributed by atoms with Gasteiger partial charge in [0.25, 0.3) is 0 Å². The second kappa shape index (κ2) is 34.6. The summed E-state index contributed by atoms with van der Waals surface area (Å²) in [5.41, 5.74) is 7.14. The zero-order valence-electron chi connectivity index (χ0n) is 57.0. The number of phenolic OH excluding ortho intramolecular Hbond substituents is 1. The maximum atomic E-state index is 14.2. The van der Waals surface area contributed by atoms with Gasteiger partial charge in [-0.2, -0.15) is 0 Å². The summed E-state index contributed by atoms with van der Waals surface area (Å²) in [6.07, 6.45) is -6.51. The minimum atomic E-state index is -2.27. The molecule has 0 aromatic heterocycles. The Kier molecular flexibility index (Phi) is 25.8. The first-order chi connectivity index (χ1) is 48.4. The molecule has 4 aliphatic rings. The van der Waals surface area contributed by atoms with Gasteiger partial charge in [-0.15, -0.1) is 0 Å². The van der Waals surface area contributed by atoms with Crippen molar-refractivity contribution >= 4 is 64.4 Å². The number of phenols is 1. The molecular weight excluding hydrogens is 1300 g/mol. The van der Waals surface area contributed by atoms with Crippen molar-refractivity contribution in [1.29, 1.82) is 0 Å². The lowest BCUT2D eigenvalue weighted by Gasteiger charge is -2.43. The third-order valence-electron chi connectivity index (χ3n) is 18.6. The number of methoxy groups -OCH3 is 1. The number of carbonyl (C=O) groups is 10. The number of hydrogen-bond donors (Lipinski definition) is 10. The van der Waals surface area contributed by atoms with Crippen LogP contribution in [0.3, 0.4) is 0 Å². The lowest BCUT2D eigenvalue weighted by Crippen LogP contribution is -2.56. The fourth-order valence-electron chi connectivity index (χ4n) is 13.2. The number of nitrogens with one attached hydrogen (secondary N) is 5. The number of urea groups is 1. The third-order valence-corrected chi connectivity index (χ3v) is 18.6. The van der Waals surface area contributed by atoms with Crippen LogP contribution in [0.2, 0.25) is 0 Å². The summed E-state index contributed by atoms with van der Waals surface area (Å²) in [4.78, 5) is 134. The number of primary amides is 1. The fraction of sp³-hybridized carbons (Fsp3) is 0.440. The highest BCUT2D eigenvalue weighted by Gasteiger charge is 2.50. The number of carbonyl (C=O) groups excluding carboxylic acids is 10. The van der Waals surface area contributed by atoms with Crippen molar-refractivity contribution in [3.8, 4) is 23.3 Å². The van der Waals surface area contributed by atoms with Gasteiger partial charge in [-0.3, -0.25) is 38.4 Å².